The molecule has 1 amide bonds. The maximum atomic E-state index is 12.8. The summed E-state index contributed by atoms with van der Waals surface area (Å²) in [5, 5.41) is 8.72. The molecule has 0 spiro atoms. The van der Waals surface area contributed by atoms with Gasteiger partial charge in [0.05, 0.1) is 25.4 Å². The van der Waals surface area contributed by atoms with Gasteiger partial charge in [-0.15, -0.1) is 0 Å². The van der Waals surface area contributed by atoms with Crippen LogP contribution in [0.25, 0.3) is 0 Å². The highest BCUT2D eigenvalue weighted by atomic mass is 16.5. The second kappa shape index (κ2) is 8.01. The Balaban J connectivity index is 2.21. The van der Waals surface area contributed by atoms with E-state index in [0.717, 1.165) is 0 Å². The second-order valence-corrected chi connectivity index (χ2v) is 5.59. The zero-order valence-corrected chi connectivity index (χ0v) is 14.2. The van der Waals surface area contributed by atoms with Crippen molar-refractivity contribution < 1.29 is 28.9 Å². The molecule has 132 valence electrons. The van der Waals surface area contributed by atoms with Gasteiger partial charge in [-0.3, -0.25) is 4.79 Å². The molecule has 7 nitrogen and oxygen atoms in total. The van der Waals surface area contributed by atoms with Crippen molar-refractivity contribution in [3.05, 3.63) is 23.8 Å². The van der Waals surface area contributed by atoms with Crippen LogP contribution in [-0.4, -0.2) is 60.4 Å². The molecule has 1 saturated heterocycles. The lowest BCUT2D eigenvalue weighted by Crippen LogP contribution is -2.51. The van der Waals surface area contributed by atoms with E-state index in [4.69, 9.17) is 19.3 Å². The number of carboxylic acid groups (broad SMARTS) is 1. The molecule has 1 fully saturated rings. The summed E-state index contributed by atoms with van der Waals surface area (Å²) in [6, 6.07) is 4.75. The van der Waals surface area contributed by atoms with E-state index < -0.39 is 12.6 Å². The van der Waals surface area contributed by atoms with Crippen LogP contribution < -0.4 is 9.47 Å². The van der Waals surface area contributed by atoms with Gasteiger partial charge < -0.3 is 24.2 Å². The number of benzene rings is 1. The van der Waals surface area contributed by atoms with Crippen LogP contribution in [0.2, 0.25) is 0 Å². The molecule has 7 heteroatoms. The van der Waals surface area contributed by atoms with Crippen LogP contribution in [0.15, 0.2) is 18.2 Å². The molecule has 1 aliphatic rings. The second-order valence-electron chi connectivity index (χ2n) is 5.59. The van der Waals surface area contributed by atoms with Crippen molar-refractivity contribution in [2.24, 2.45) is 0 Å². The van der Waals surface area contributed by atoms with Crippen molar-refractivity contribution >= 4 is 11.9 Å². The van der Waals surface area contributed by atoms with Gasteiger partial charge in [0, 0.05) is 12.1 Å². The molecule has 1 aliphatic heterocycles. The summed E-state index contributed by atoms with van der Waals surface area (Å²) in [5.41, 5.74) is 0.474. The number of nitrogens with zero attached hydrogens (tertiary/aromatic N) is 1. The number of amides is 1. The Morgan fingerprint density at radius 2 is 2.04 bits per heavy atom. The minimum absolute atomic E-state index is 0.0211. The van der Waals surface area contributed by atoms with Gasteiger partial charge >= 0.3 is 5.97 Å². The molecule has 2 unspecified atom stereocenters. The average molecular weight is 337 g/mol. The van der Waals surface area contributed by atoms with Crippen LogP contribution in [0.5, 0.6) is 11.5 Å². The molecule has 2 rings (SSSR count). The summed E-state index contributed by atoms with van der Waals surface area (Å²) in [6.45, 7) is 6.66. The Labute approximate surface area is 141 Å². The zero-order valence-electron chi connectivity index (χ0n) is 14.2. The fraction of sp³-hybridized carbons (Fsp3) is 0.529. The van der Waals surface area contributed by atoms with Crippen LogP contribution in [0.3, 0.4) is 0 Å². The molecule has 1 aromatic rings. The smallest absolute Gasteiger partial charge is 0.341 e. The zero-order chi connectivity index (χ0) is 17.7. The largest absolute Gasteiger partial charge is 0.490 e. The number of rotatable bonds is 6. The lowest BCUT2D eigenvalue weighted by atomic mass is 10.1. The predicted molar refractivity (Wildman–Crippen MR) is 86.7 cm³/mol. The van der Waals surface area contributed by atoms with Gasteiger partial charge in [-0.2, -0.15) is 0 Å². The van der Waals surface area contributed by atoms with Crippen molar-refractivity contribution in [1.29, 1.82) is 0 Å². The van der Waals surface area contributed by atoms with E-state index in [1.54, 1.807) is 30.0 Å². The molecule has 0 aliphatic carbocycles. The quantitative estimate of drug-likeness (QED) is 0.852. The molecule has 0 aromatic heterocycles. The summed E-state index contributed by atoms with van der Waals surface area (Å²) in [5.74, 6) is -0.519. The summed E-state index contributed by atoms with van der Waals surface area (Å²) in [6.07, 6.45) is -0.0211. The monoisotopic (exact) mass is 337 g/mol. The minimum atomic E-state index is -1.08. The SMILES string of the molecule is CCOc1cc(C(=O)N2CCOC(C)C2C)ccc1OCC(=O)O. The topological polar surface area (TPSA) is 85.3 Å². The molecule has 1 N–H and O–H groups in total. The van der Waals surface area contributed by atoms with Crippen LogP contribution >= 0.6 is 0 Å². The number of carbonyl (C=O) groups is 2. The Morgan fingerprint density at radius 1 is 1.29 bits per heavy atom. The third-order valence-electron chi connectivity index (χ3n) is 3.99. The number of carboxylic acids is 1. The molecule has 0 bridgehead atoms. The summed E-state index contributed by atoms with van der Waals surface area (Å²) in [7, 11) is 0. The first-order valence-electron chi connectivity index (χ1n) is 7.98. The van der Waals surface area contributed by atoms with Gasteiger partial charge in [-0.05, 0) is 39.0 Å². The van der Waals surface area contributed by atoms with Crippen LogP contribution in [0.4, 0.5) is 0 Å². The molecule has 2 atom stereocenters. The molecule has 1 aromatic carbocycles. The predicted octanol–water partition coefficient (Wildman–Crippen LogP) is 1.80. The first-order chi connectivity index (χ1) is 11.4. The van der Waals surface area contributed by atoms with Gasteiger partial charge in [0.1, 0.15) is 0 Å². The average Bonchev–Trinajstić information content (AvgIpc) is 2.55. The lowest BCUT2D eigenvalue weighted by molar-refractivity contribution is -0.139. The Bertz CT molecular complexity index is 603. The standard InChI is InChI=1S/C17H23NO6/c1-4-22-15-9-13(5-6-14(15)24-10-16(19)20)17(21)18-7-8-23-12(3)11(18)2/h5-6,9,11-12H,4,7-8,10H2,1-3H3,(H,19,20). The van der Waals surface area contributed by atoms with E-state index in [0.29, 0.717) is 36.8 Å². The van der Waals surface area contributed by atoms with Crippen molar-refractivity contribution in [2.75, 3.05) is 26.4 Å². The first-order valence-corrected chi connectivity index (χ1v) is 7.98. The third-order valence-corrected chi connectivity index (χ3v) is 3.99. The number of aliphatic carboxylic acids is 1. The molecule has 24 heavy (non-hydrogen) atoms. The minimum Gasteiger partial charge on any atom is -0.490 e. The van der Waals surface area contributed by atoms with Crippen LogP contribution in [0.1, 0.15) is 31.1 Å². The van der Waals surface area contributed by atoms with E-state index in [-0.39, 0.29) is 18.1 Å². The maximum Gasteiger partial charge on any atom is 0.341 e. The van der Waals surface area contributed by atoms with Crippen LogP contribution in [0, 0.1) is 0 Å². The van der Waals surface area contributed by atoms with E-state index in [2.05, 4.69) is 0 Å². The number of ether oxygens (including phenoxy) is 3. The normalized spacial score (nSPS) is 20.5. The summed E-state index contributed by atoms with van der Waals surface area (Å²) >= 11 is 0. The number of hydrogen-bond donors (Lipinski definition) is 1. The highest BCUT2D eigenvalue weighted by Crippen LogP contribution is 2.29. The summed E-state index contributed by atoms with van der Waals surface area (Å²) < 4.78 is 16.2. The Kier molecular flexibility index (Phi) is 6.03. The van der Waals surface area contributed by atoms with Crippen molar-refractivity contribution in [3.8, 4) is 11.5 Å². The number of morpholine rings is 1. The van der Waals surface area contributed by atoms with Gasteiger partial charge in [0.15, 0.2) is 18.1 Å². The molecule has 0 saturated carbocycles. The van der Waals surface area contributed by atoms with E-state index in [1.165, 1.54) is 0 Å². The Morgan fingerprint density at radius 3 is 2.71 bits per heavy atom. The lowest BCUT2D eigenvalue weighted by Gasteiger charge is -2.37. The third kappa shape index (κ3) is 4.17. The molecular formula is C17H23NO6. The van der Waals surface area contributed by atoms with Crippen molar-refractivity contribution in [2.45, 2.75) is 32.9 Å². The highest BCUT2D eigenvalue weighted by molar-refractivity contribution is 5.95. The number of hydrogen-bond acceptors (Lipinski definition) is 5. The van der Waals surface area contributed by atoms with Gasteiger partial charge in [0.2, 0.25) is 0 Å². The molecule has 0 radical (unpaired) electrons. The van der Waals surface area contributed by atoms with E-state index >= 15 is 0 Å². The van der Waals surface area contributed by atoms with Crippen LogP contribution in [-0.2, 0) is 9.53 Å². The number of carbonyl (C=O) groups excluding carboxylic acids is 1. The highest BCUT2D eigenvalue weighted by Gasteiger charge is 2.30. The molecule has 1 heterocycles. The van der Waals surface area contributed by atoms with Crippen molar-refractivity contribution in [1.82, 2.24) is 4.90 Å². The summed E-state index contributed by atoms with van der Waals surface area (Å²) in [4.78, 5) is 25.2. The van der Waals surface area contributed by atoms with Gasteiger partial charge in [0.25, 0.3) is 5.91 Å². The van der Waals surface area contributed by atoms with Gasteiger partial charge in [-0.1, -0.05) is 0 Å². The van der Waals surface area contributed by atoms with Gasteiger partial charge in [-0.25, -0.2) is 4.79 Å². The molecular weight excluding hydrogens is 314 g/mol. The van der Waals surface area contributed by atoms with E-state index in [1.807, 2.05) is 13.8 Å². The fourth-order valence-corrected chi connectivity index (χ4v) is 2.55. The maximum absolute atomic E-state index is 12.8. The Hall–Kier alpha value is -2.28. The van der Waals surface area contributed by atoms with E-state index in [9.17, 15) is 9.59 Å². The first kappa shape index (κ1) is 18.1. The fourth-order valence-electron chi connectivity index (χ4n) is 2.55. The van der Waals surface area contributed by atoms with Crippen molar-refractivity contribution in [3.63, 3.8) is 0 Å².